The summed E-state index contributed by atoms with van der Waals surface area (Å²) in [6, 6.07) is 8.85. The lowest BCUT2D eigenvalue weighted by atomic mass is 10.1. The molecule has 0 aliphatic carbocycles. The first-order valence-electron chi connectivity index (χ1n) is 8.28. The zero-order valence-corrected chi connectivity index (χ0v) is 16.3. The van der Waals surface area contributed by atoms with Crippen molar-refractivity contribution in [3.05, 3.63) is 74.1 Å². The van der Waals surface area contributed by atoms with Crippen molar-refractivity contribution in [3.8, 4) is 11.5 Å². The summed E-state index contributed by atoms with van der Waals surface area (Å²) in [6.07, 6.45) is 1.76. The van der Waals surface area contributed by atoms with Crippen molar-refractivity contribution in [2.45, 2.75) is 6.42 Å². The molecule has 0 radical (unpaired) electrons. The quantitative estimate of drug-likeness (QED) is 0.273. The van der Waals surface area contributed by atoms with Crippen LogP contribution in [0.3, 0.4) is 0 Å². The van der Waals surface area contributed by atoms with E-state index in [1.807, 2.05) is 0 Å². The van der Waals surface area contributed by atoms with E-state index in [1.165, 1.54) is 43.3 Å². The minimum Gasteiger partial charge on any atom is -0.493 e. The Morgan fingerprint density at radius 2 is 2.03 bits per heavy atom. The van der Waals surface area contributed by atoms with Gasteiger partial charge < -0.3 is 9.47 Å². The summed E-state index contributed by atoms with van der Waals surface area (Å²) in [4.78, 5) is 10.8. The molecular weight excluding hydrogens is 401 g/mol. The largest absolute Gasteiger partial charge is 0.493 e. The number of aromatic nitrogens is 3. The van der Waals surface area contributed by atoms with Gasteiger partial charge in [0.15, 0.2) is 11.6 Å². The van der Waals surface area contributed by atoms with Gasteiger partial charge in [0.2, 0.25) is 10.5 Å². The topological polar surface area (TPSA) is 108 Å². The van der Waals surface area contributed by atoms with Gasteiger partial charge in [-0.2, -0.15) is 14.9 Å². The molecule has 1 aromatic heterocycles. The third kappa shape index (κ3) is 4.46. The van der Waals surface area contributed by atoms with E-state index in [0.29, 0.717) is 17.8 Å². The highest BCUT2D eigenvalue weighted by molar-refractivity contribution is 7.71. The SMILES string of the molecule is COc1cc(/C=N\n2c(Cc3ccc(F)cc3)n[nH]c2=S)cc([N+](=O)[O-])c1OC. The van der Waals surface area contributed by atoms with E-state index in [1.54, 1.807) is 18.2 Å². The molecule has 0 bridgehead atoms. The van der Waals surface area contributed by atoms with Crippen molar-refractivity contribution in [2.24, 2.45) is 5.10 Å². The number of nitrogens with one attached hydrogen (secondary N) is 1. The van der Waals surface area contributed by atoms with Gasteiger partial charge in [0.25, 0.3) is 0 Å². The number of nitrogens with zero attached hydrogens (tertiary/aromatic N) is 4. The summed E-state index contributed by atoms with van der Waals surface area (Å²) >= 11 is 5.20. The molecule has 1 N–H and O–H groups in total. The number of methoxy groups -OCH3 is 2. The maximum Gasteiger partial charge on any atom is 0.315 e. The van der Waals surface area contributed by atoms with Crippen molar-refractivity contribution in [1.29, 1.82) is 0 Å². The van der Waals surface area contributed by atoms with Crippen molar-refractivity contribution >= 4 is 24.1 Å². The van der Waals surface area contributed by atoms with Crippen LogP contribution in [0.4, 0.5) is 10.1 Å². The molecule has 0 spiro atoms. The Hall–Kier alpha value is -3.60. The third-order valence-corrected chi connectivity index (χ3v) is 4.26. The van der Waals surface area contributed by atoms with Gasteiger partial charge in [0.1, 0.15) is 5.82 Å². The molecule has 150 valence electrons. The van der Waals surface area contributed by atoms with Gasteiger partial charge in [-0.25, -0.2) is 4.39 Å². The molecular formula is C18H16FN5O4S. The number of benzene rings is 2. The molecule has 9 nitrogen and oxygen atoms in total. The fourth-order valence-corrected chi connectivity index (χ4v) is 2.84. The standard InChI is InChI=1S/C18H16FN5O4S/c1-27-15-8-12(7-14(24(25)26)17(15)28-2)10-20-23-16(21-22-18(23)29)9-11-3-5-13(19)6-4-11/h3-8,10H,9H2,1-2H3,(H,22,29)/b20-10-. The first-order valence-corrected chi connectivity index (χ1v) is 8.69. The molecule has 0 unspecified atom stereocenters. The first kappa shape index (κ1) is 20.1. The molecule has 0 aliphatic rings. The minimum absolute atomic E-state index is 0.0200. The van der Waals surface area contributed by atoms with Crippen LogP contribution in [-0.2, 0) is 6.42 Å². The molecule has 0 saturated carbocycles. The summed E-state index contributed by atoms with van der Waals surface area (Å²) in [7, 11) is 2.71. The van der Waals surface area contributed by atoms with Crippen molar-refractivity contribution < 1.29 is 18.8 Å². The van der Waals surface area contributed by atoms with Gasteiger partial charge in [-0.15, -0.1) is 0 Å². The number of nitro groups is 1. The number of ether oxygens (including phenoxy) is 2. The van der Waals surface area contributed by atoms with Crippen LogP contribution >= 0.6 is 12.2 Å². The molecule has 0 aliphatic heterocycles. The fourth-order valence-electron chi connectivity index (χ4n) is 2.64. The number of aromatic amines is 1. The van der Waals surface area contributed by atoms with Crippen LogP contribution in [0.5, 0.6) is 11.5 Å². The van der Waals surface area contributed by atoms with Gasteiger partial charge in [-0.05, 0) is 36.0 Å². The highest BCUT2D eigenvalue weighted by Gasteiger charge is 2.21. The van der Waals surface area contributed by atoms with E-state index < -0.39 is 4.92 Å². The zero-order valence-electron chi connectivity index (χ0n) is 15.5. The second-order valence-corrected chi connectivity index (χ2v) is 6.22. The van der Waals surface area contributed by atoms with Gasteiger partial charge in [0.05, 0.1) is 25.4 Å². The Morgan fingerprint density at radius 3 is 2.66 bits per heavy atom. The number of halogens is 1. The summed E-state index contributed by atoms with van der Waals surface area (Å²) in [5.41, 5.74) is 0.972. The third-order valence-electron chi connectivity index (χ3n) is 3.99. The average molecular weight is 417 g/mol. The molecule has 0 saturated heterocycles. The highest BCUT2D eigenvalue weighted by atomic mass is 32.1. The van der Waals surface area contributed by atoms with Crippen LogP contribution < -0.4 is 9.47 Å². The number of H-pyrrole nitrogens is 1. The second-order valence-electron chi connectivity index (χ2n) is 5.84. The molecule has 29 heavy (non-hydrogen) atoms. The molecule has 1 heterocycles. The Morgan fingerprint density at radius 1 is 1.31 bits per heavy atom. The summed E-state index contributed by atoms with van der Waals surface area (Å²) in [5, 5.41) is 22.4. The normalized spacial score (nSPS) is 11.0. The van der Waals surface area contributed by atoms with E-state index in [-0.39, 0.29) is 27.8 Å². The summed E-state index contributed by atoms with van der Waals surface area (Å²) in [6.45, 7) is 0. The number of hydrogen-bond acceptors (Lipinski definition) is 7. The van der Waals surface area contributed by atoms with Gasteiger partial charge >= 0.3 is 5.69 Å². The summed E-state index contributed by atoms with van der Waals surface area (Å²) < 4.78 is 25.0. The van der Waals surface area contributed by atoms with Crippen molar-refractivity contribution in [3.63, 3.8) is 0 Å². The van der Waals surface area contributed by atoms with Gasteiger partial charge in [-0.3, -0.25) is 15.2 Å². The number of nitro benzene ring substituents is 1. The summed E-state index contributed by atoms with van der Waals surface area (Å²) in [5.74, 6) is 0.380. The van der Waals surface area contributed by atoms with Gasteiger partial charge in [-0.1, -0.05) is 12.1 Å². The van der Waals surface area contributed by atoms with Crippen LogP contribution in [0.1, 0.15) is 17.0 Å². The highest BCUT2D eigenvalue weighted by Crippen LogP contribution is 2.37. The predicted molar refractivity (Wildman–Crippen MR) is 106 cm³/mol. The Labute approximate surface area is 169 Å². The lowest BCUT2D eigenvalue weighted by Crippen LogP contribution is -2.02. The number of hydrogen-bond donors (Lipinski definition) is 1. The molecule has 0 fully saturated rings. The van der Waals surface area contributed by atoms with Crippen molar-refractivity contribution in [1.82, 2.24) is 14.9 Å². The van der Waals surface area contributed by atoms with E-state index in [9.17, 15) is 14.5 Å². The van der Waals surface area contributed by atoms with Crippen LogP contribution in [0.25, 0.3) is 0 Å². The van der Waals surface area contributed by atoms with E-state index in [0.717, 1.165) is 5.56 Å². The Bertz CT molecular complexity index is 1120. The van der Waals surface area contributed by atoms with E-state index in [2.05, 4.69) is 15.3 Å². The predicted octanol–water partition coefficient (Wildman–Crippen LogP) is 3.48. The zero-order chi connectivity index (χ0) is 21.0. The molecule has 0 amide bonds. The molecule has 3 aromatic rings. The molecule has 0 atom stereocenters. The number of rotatable bonds is 7. The lowest BCUT2D eigenvalue weighted by Gasteiger charge is -2.08. The average Bonchev–Trinajstić information content (AvgIpc) is 3.06. The Kier molecular flexibility index (Phi) is 5.98. The monoisotopic (exact) mass is 417 g/mol. The van der Waals surface area contributed by atoms with Crippen LogP contribution in [0.2, 0.25) is 0 Å². The van der Waals surface area contributed by atoms with E-state index in [4.69, 9.17) is 21.7 Å². The maximum absolute atomic E-state index is 13.1. The second kappa shape index (κ2) is 8.61. The van der Waals surface area contributed by atoms with E-state index >= 15 is 0 Å². The fraction of sp³-hybridized carbons (Fsp3) is 0.167. The maximum atomic E-state index is 13.1. The van der Waals surface area contributed by atoms with Crippen LogP contribution in [0, 0.1) is 20.7 Å². The smallest absolute Gasteiger partial charge is 0.315 e. The van der Waals surface area contributed by atoms with Crippen LogP contribution in [-0.4, -0.2) is 40.2 Å². The Balaban J connectivity index is 1.95. The lowest BCUT2D eigenvalue weighted by molar-refractivity contribution is -0.385. The van der Waals surface area contributed by atoms with Gasteiger partial charge in [0, 0.05) is 18.1 Å². The molecule has 11 heteroatoms. The van der Waals surface area contributed by atoms with Crippen molar-refractivity contribution in [2.75, 3.05) is 14.2 Å². The van der Waals surface area contributed by atoms with Crippen LogP contribution in [0.15, 0.2) is 41.5 Å². The molecule has 3 rings (SSSR count). The first-order chi connectivity index (χ1) is 13.9. The minimum atomic E-state index is -0.567. The molecule has 2 aromatic carbocycles.